The Morgan fingerprint density at radius 1 is 1.14 bits per heavy atom. The number of nitrogens with zero attached hydrogens (tertiary/aromatic N) is 1. The van der Waals surface area contributed by atoms with Crippen molar-refractivity contribution in [1.82, 2.24) is 10.3 Å². The highest BCUT2D eigenvalue weighted by molar-refractivity contribution is 5.36. The molecule has 112 valence electrons. The average molecular weight is 286 g/mol. The Kier molecular flexibility index (Phi) is 5.07. The van der Waals surface area contributed by atoms with Gasteiger partial charge in [-0.1, -0.05) is 25.1 Å². The summed E-state index contributed by atoms with van der Waals surface area (Å²) in [5.74, 6) is -0.159. The van der Waals surface area contributed by atoms with E-state index in [1.54, 1.807) is 13.0 Å². The molecule has 2 rings (SSSR count). The number of rotatable bonds is 5. The Balaban J connectivity index is 2.44. The second-order valence-electron chi connectivity index (χ2n) is 5.52. The summed E-state index contributed by atoms with van der Waals surface area (Å²) in [4.78, 5) is 4.53. The van der Waals surface area contributed by atoms with Crippen LogP contribution in [0.2, 0.25) is 0 Å². The van der Waals surface area contributed by atoms with Crippen molar-refractivity contribution in [2.75, 3.05) is 6.54 Å². The van der Waals surface area contributed by atoms with Crippen LogP contribution >= 0.6 is 0 Å². The third kappa shape index (κ3) is 3.67. The smallest absolute Gasteiger partial charge is 0.126 e. The van der Waals surface area contributed by atoms with Crippen LogP contribution in [0.4, 0.5) is 4.39 Å². The van der Waals surface area contributed by atoms with E-state index in [0.717, 1.165) is 35.5 Å². The first-order valence-corrected chi connectivity index (χ1v) is 7.46. The van der Waals surface area contributed by atoms with Gasteiger partial charge in [0.05, 0.1) is 6.04 Å². The van der Waals surface area contributed by atoms with Gasteiger partial charge in [0.1, 0.15) is 5.82 Å². The number of hydrogen-bond donors (Lipinski definition) is 1. The van der Waals surface area contributed by atoms with E-state index in [1.807, 2.05) is 32.0 Å². The SMILES string of the molecule is CCCNC(c1ccc(C)c(F)c1)c1ccc(C)nc1C. The highest BCUT2D eigenvalue weighted by Gasteiger charge is 2.17. The van der Waals surface area contributed by atoms with E-state index in [-0.39, 0.29) is 11.9 Å². The van der Waals surface area contributed by atoms with Crippen LogP contribution in [0.15, 0.2) is 30.3 Å². The highest BCUT2D eigenvalue weighted by Crippen LogP contribution is 2.25. The second-order valence-corrected chi connectivity index (χ2v) is 5.52. The number of pyridine rings is 1. The van der Waals surface area contributed by atoms with Gasteiger partial charge < -0.3 is 5.32 Å². The van der Waals surface area contributed by atoms with E-state index >= 15 is 0 Å². The number of halogens is 1. The van der Waals surface area contributed by atoms with E-state index in [2.05, 4.69) is 23.3 Å². The van der Waals surface area contributed by atoms with Crippen molar-refractivity contribution >= 4 is 0 Å². The Bertz CT molecular complexity index is 623. The molecule has 0 fully saturated rings. The summed E-state index contributed by atoms with van der Waals surface area (Å²) >= 11 is 0. The Labute approximate surface area is 126 Å². The van der Waals surface area contributed by atoms with Crippen LogP contribution in [0.3, 0.4) is 0 Å². The lowest BCUT2D eigenvalue weighted by atomic mass is 9.96. The van der Waals surface area contributed by atoms with Crippen molar-refractivity contribution in [2.45, 2.75) is 40.2 Å². The monoisotopic (exact) mass is 286 g/mol. The molecular formula is C18H23FN2. The van der Waals surface area contributed by atoms with Gasteiger partial charge in [-0.15, -0.1) is 0 Å². The van der Waals surface area contributed by atoms with E-state index in [9.17, 15) is 4.39 Å². The maximum atomic E-state index is 13.9. The zero-order valence-corrected chi connectivity index (χ0v) is 13.2. The van der Waals surface area contributed by atoms with Crippen molar-refractivity contribution in [2.24, 2.45) is 0 Å². The molecule has 0 amide bonds. The van der Waals surface area contributed by atoms with Crippen LogP contribution in [0.5, 0.6) is 0 Å². The lowest BCUT2D eigenvalue weighted by Gasteiger charge is -2.21. The summed E-state index contributed by atoms with van der Waals surface area (Å²) in [7, 11) is 0. The van der Waals surface area contributed by atoms with Gasteiger partial charge in [0.15, 0.2) is 0 Å². The molecule has 1 atom stereocenters. The predicted octanol–water partition coefficient (Wildman–Crippen LogP) is 4.23. The molecule has 1 aromatic heterocycles. The molecule has 0 bridgehead atoms. The Hall–Kier alpha value is -1.74. The molecule has 21 heavy (non-hydrogen) atoms. The van der Waals surface area contributed by atoms with E-state index in [4.69, 9.17) is 0 Å². The van der Waals surface area contributed by atoms with Gasteiger partial charge in [-0.25, -0.2) is 4.39 Å². The van der Waals surface area contributed by atoms with Crippen molar-refractivity contribution < 1.29 is 4.39 Å². The lowest BCUT2D eigenvalue weighted by Crippen LogP contribution is -2.24. The van der Waals surface area contributed by atoms with Gasteiger partial charge in [0.2, 0.25) is 0 Å². The summed E-state index contributed by atoms with van der Waals surface area (Å²) in [5.41, 5.74) is 4.72. The average Bonchev–Trinajstić information content (AvgIpc) is 2.44. The van der Waals surface area contributed by atoms with Gasteiger partial charge in [0, 0.05) is 11.4 Å². The van der Waals surface area contributed by atoms with Crippen LogP contribution in [0.1, 0.15) is 47.5 Å². The van der Waals surface area contributed by atoms with Crippen molar-refractivity contribution in [3.63, 3.8) is 0 Å². The molecule has 3 heteroatoms. The number of hydrogen-bond acceptors (Lipinski definition) is 2. The summed E-state index contributed by atoms with van der Waals surface area (Å²) in [5, 5.41) is 3.50. The molecule has 1 heterocycles. The van der Waals surface area contributed by atoms with Crippen molar-refractivity contribution in [3.8, 4) is 0 Å². The highest BCUT2D eigenvalue weighted by atomic mass is 19.1. The van der Waals surface area contributed by atoms with E-state index < -0.39 is 0 Å². The molecule has 0 aliphatic carbocycles. The first kappa shape index (κ1) is 15.6. The fraction of sp³-hybridized carbons (Fsp3) is 0.389. The van der Waals surface area contributed by atoms with Crippen molar-refractivity contribution in [1.29, 1.82) is 0 Å². The second kappa shape index (κ2) is 6.81. The third-order valence-corrected chi connectivity index (χ3v) is 3.70. The molecule has 1 N–H and O–H groups in total. The van der Waals surface area contributed by atoms with Crippen LogP contribution in [0, 0.1) is 26.6 Å². The minimum absolute atomic E-state index is 0.0202. The van der Waals surface area contributed by atoms with Gasteiger partial charge in [0.25, 0.3) is 0 Å². The molecule has 1 unspecified atom stereocenters. The molecule has 0 aliphatic rings. The Morgan fingerprint density at radius 3 is 2.52 bits per heavy atom. The van der Waals surface area contributed by atoms with Crippen LogP contribution < -0.4 is 5.32 Å². The molecule has 0 aliphatic heterocycles. The summed E-state index contributed by atoms with van der Waals surface area (Å²) in [6, 6.07) is 9.53. The zero-order chi connectivity index (χ0) is 15.4. The van der Waals surface area contributed by atoms with Crippen LogP contribution in [-0.2, 0) is 0 Å². The number of nitrogens with one attached hydrogen (secondary N) is 1. The van der Waals surface area contributed by atoms with E-state index in [0.29, 0.717) is 5.56 Å². The largest absolute Gasteiger partial charge is 0.306 e. The lowest BCUT2D eigenvalue weighted by molar-refractivity contribution is 0.579. The minimum Gasteiger partial charge on any atom is -0.306 e. The summed E-state index contributed by atoms with van der Waals surface area (Å²) in [6.45, 7) is 8.78. The van der Waals surface area contributed by atoms with Crippen LogP contribution in [-0.4, -0.2) is 11.5 Å². The van der Waals surface area contributed by atoms with Gasteiger partial charge >= 0.3 is 0 Å². The van der Waals surface area contributed by atoms with Gasteiger partial charge in [-0.05, 0) is 62.6 Å². The summed E-state index contributed by atoms with van der Waals surface area (Å²) in [6.07, 6.45) is 1.03. The standard InChI is InChI=1S/C18H23FN2/c1-5-10-20-18(15-8-6-12(2)17(19)11-15)16-9-7-13(3)21-14(16)4/h6-9,11,18,20H,5,10H2,1-4H3. The summed E-state index contributed by atoms with van der Waals surface area (Å²) < 4.78 is 13.9. The fourth-order valence-electron chi connectivity index (χ4n) is 2.49. The fourth-order valence-corrected chi connectivity index (χ4v) is 2.49. The first-order chi connectivity index (χ1) is 10.0. The molecule has 1 aromatic carbocycles. The van der Waals surface area contributed by atoms with Gasteiger partial charge in [-0.2, -0.15) is 0 Å². The topological polar surface area (TPSA) is 24.9 Å². The predicted molar refractivity (Wildman–Crippen MR) is 85.0 cm³/mol. The van der Waals surface area contributed by atoms with E-state index in [1.165, 1.54) is 0 Å². The van der Waals surface area contributed by atoms with Crippen molar-refractivity contribution in [3.05, 3.63) is 64.2 Å². The third-order valence-electron chi connectivity index (χ3n) is 3.70. The minimum atomic E-state index is -0.159. The zero-order valence-electron chi connectivity index (χ0n) is 13.2. The van der Waals surface area contributed by atoms with Gasteiger partial charge in [-0.3, -0.25) is 4.98 Å². The molecule has 0 saturated heterocycles. The first-order valence-electron chi connectivity index (χ1n) is 7.46. The molecular weight excluding hydrogens is 263 g/mol. The number of benzene rings is 1. The molecule has 2 aromatic rings. The normalized spacial score (nSPS) is 12.4. The number of aryl methyl sites for hydroxylation is 3. The number of aromatic nitrogens is 1. The quantitative estimate of drug-likeness (QED) is 0.889. The maximum absolute atomic E-state index is 13.9. The van der Waals surface area contributed by atoms with Crippen LogP contribution in [0.25, 0.3) is 0 Å². The molecule has 2 nitrogen and oxygen atoms in total. The molecule has 0 saturated carbocycles. The molecule has 0 radical (unpaired) electrons. The Morgan fingerprint density at radius 2 is 1.90 bits per heavy atom. The maximum Gasteiger partial charge on any atom is 0.126 e. The molecule has 0 spiro atoms.